The third-order valence-corrected chi connectivity index (χ3v) is 6.40. The molecule has 3 atom stereocenters. The summed E-state index contributed by atoms with van der Waals surface area (Å²) in [4.78, 5) is 0. The van der Waals surface area contributed by atoms with Crippen molar-refractivity contribution in [1.82, 2.24) is 9.76 Å². The summed E-state index contributed by atoms with van der Waals surface area (Å²) in [6.45, 7) is 1.67. The van der Waals surface area contributed by atoms with E-state index in [0.717, 1.165) is 6.42 Å². The van der Waals surface area contributed by atoms with Gasteiger partial charge in [0.25, 0.3) is 0 Å². The van der Waals surface area contributed by atoms with E-state index in [1.54, 1.807) is 4.67 Å². The normalized spacial score (nSPS) is 36.6. The highest BCUT2D eigenvalue weighted by Gasteiger charge is 2.42. The number of nitrogens with one attached hydrogen (secondary N) is 1. The molecule has 0 unspecified atom stereocenters. The minimum Gasteiger partial charge on any atom is -0.306 e. The Morgan fingerprint density at radius 3 is 2.56 bits per heavy atom. The van der Waals surface area contributed by atoms with Crippen molar-refractivity contribution in [3.63, 3.8) is 0 Å². The lowest BCUT2D eigenvalue weighted by molar-refractivity contribution is 0.126. The minimum atomic E-state index is -2.93. The molecule has 1 aliphatic heterocycles. The third-order valence-electron chi connectivity index (χ3n) is 3.76. The number of halogens is 2. The summed E-state index contributed by atoms with van der Waals surface area (Å²) < 4.78 is 20.3. The van der Waals surface area contributed by atoms with Gasteiger partial charge in [0.1, 0.15) is 0 Å². The summed E-state index contributed by atoms with van der Waals surface area (Å²) in [6, 6.07) is 0.325. The van der Waals surface area contributed by atoms with E-state index in [2.05, 4.69) is 5.09 Å². The molecule has 0 radical (unpaired) electrons. The average molecular weight is 315 g/mol. The van der Waals surface area contributed by atoms with E-state index in [0.29, 0.717) is 43.4 Å². The maximum Gasteiger partial charge on any atom is 0.343 e. The monoisotopic (exact) mass is 314 g/mol. The molecule has 2 rings (SSSR count). The molecule has 0 aromatic rings. The van der Waals surface area contributed by atoms with Crippen molar-refractivity contribution in [3.8, 4) is 0 Å². The van der Waals surface area contributed by atoms with Gasteiger partial charge in [-0.2, -0.15) is 0 Å². The Kier molecular flexibility index (Phi) is 5.80. The molecule has 0 spiro atoms. The fourth-order valence-electron chi connectivity index (χ4n) is 2.75. The van der Waals surface area contributed by atoms with Crippen LogP contribution in [0.25, 0.3) is 0 Å². The summed E-state index contributed by atoms with van der Waals surface area (Å²) in [7, 11) is -2.93. The number of nitrogens with zero attached hydrogens (tertiary/aromatic N) is 1. The zero-order valence-electron chi connectivity index (χ0n) is 10.5. The first-order chi connectivity index (χ1) is 8.69. The van der Waals surface area contributed by atoms with Crippen LogP contribution in [0.2, 0.25) is 0 Å². The zero-order valence-corrected chi connectivity index (χ0v) is 12.9. The Balaban J connectivity index is 2.03. The number of rotatable bonds is 5. The molecule has 1 heterocycles. The zero-order chi connectivity index (χ0) is 13.0. The molecule has 2 fully saturated rings. The second-order valence-electron chi connectivity index (χ2n) is 4.93. The highest BCUT2D eigenvalue weighted by atomic mass is 35.5. The molecule has 106 valence electrons. The van der Waals surface area contributed by atoms with Gasteiger partial charge >= 0.3 is 7.67 Å². The van der Waals surface area contributed by atoms with E-state index in [-0.39, 0.29) is 0 Å². The maximum absolute atomic E-state index is 12.8. The summed E-state index contributed by atoms with van der Waals surface area (Å²) in [5.41, 5.74) is 0. The fraction of sp³-hybridized carbons (Fsp3) is 1.00. The first kappa shape index (κ1) is 15.1. The smallest absolute Gasteiger partial charge is 0.306 e. The van der Waals surface area contributed by atoms with E-state index < -0.39 is 7.67 Å². The largest absolute Gasteiger partial charge is 0.343 e. The Morgan fingerprint density at radius 2 is 1.89 bits per heavy atom. The summed E-state index contributed by atoms with van der Waals surface area (Å²) >= 11 is 11.5. The molecule has 1 saturated carbocycles. The summed E-state index contributed by atoms with van der Waals surface area (Å²) in [5, 5.41) is 3.24. The van der Waals surface area contributed by atoms with Crippen LogP contribution in [0.3, 0.4) is 0 Å². The Hall–Kier alpha value is 0.690. The van der Waals surface area contributed by atoms with Crippen LogP contribution in [0, 0.1) is 5.92 Å². The molecule has 1 saturated heterocycles. The predicted octanol–water partition coefficient (Wildman–Crippen LogP) is 3.05. The van der Waals surface area contributed by atoms with Crippen LogP contribution < -0.4 is 5.09 Å². The SMILES string of the molecule is O=[P@@]1(N(CCCl)CCCl)N[C@H]2CCCC[C@@H]2CO1. The molecule has 0 bridgehead atoms. The molecule has 7 heteroatoms. The Morgan fingerprint density at radius 1 is 1.22 bits per heavy atom. The van der Waals surface area contributed by atoms with Crippen LogP contribution in [0.1, 0.15) is 25.7 Å². The number of hydrogen-bond acceptors (Lipinski definition) is 2. The Labute approximate surface area is 119 Å². The lowest BCUT2D eigenvalue weighted by Crippen LogP contribution is -2.47. The van der Waals surface area contributed by atoms with Gasteiger partial charge < -0.3 is 4.52 Å². The van der Waals surface area contributed by atoms with E-state index in [9.17, 15) is 4.57 Å². The first-order valence-electron chi connectivity index (χ1n) is 6.59. The highest BCUT2D eigenvalue weighted by molar-refractivity contribution is 7.54. The van der Waals surface area contributed by atoms with Crippen LogP contribution in [-0.4, -0.2) is 42.2 Å². The van der Waals surface area contributed by atoms with Crippen molar-refractivity contribution >= 4 is 30.9 Å². The van der Waals surface area contributed by atoms with Gasteiger partial charge in [-0.3, -0.25) is 4.57 Å². The van der Waals surface area contributed by atoms with Crippen molar-refractivity contribution in [2.75, 3.05) is 31.5 Å². The summed E-state index contributed by atoms with van der Waals surface area (Å²) in [5.74, 6) is 1.37. The molecule has 2 aliphatic rings. The van der Waals surface area contributed by atoms with Crippen LogP contribution in [0.15, 0.2) is 0 Å². The second kappa shape index (κ2) is 6.92. The van der Waals surface area contributed by atoms with Crippen molar-refractivity contribution in [2.24, 2.45) is 5.92 Å². The Bertz CT molecular complexity index is 313. The second-order valence-corrected chi connectivity index (χ2v) is 7.81. The standard InChI is InChI=1S/C11H21Cl2N2O2P/c12-5-7-15(8-6-13)18(16)14-11-4-2-1-3-10(11)9-17-18/h10-11H,1-9H2,(H,14,16)/t10-,11+,18+/m1/s1. The number of hydrogen-bond donors (Lipinski definition) is 1. The van der Waals surface area contributed by atoms with Gasteiger partial charge in [0, 0.05) is 30.9 Å². The fourth-order valence-corrected chi connectivity index (χ4v) is 5.68. The van der Waals surface area contributed by atoms with E-state index >= 15 is 0 Å². The molecule has 0 amide bonds. The van der Waals surface area contributed by atoms with Crippen LogP contribution >= 0.6 is 30.9 Å². The quantitative estimate of drug-likeness (QED) is 0.625. The predicted molar refractivity (Wildman–Crippen MR) is 75.5 cm³/mol. The van der Waals surface area contributed by atoms with Crippen LogP contribution in [0.4, 0.5) is 0 Å². The first-order valence-corrected chi connectivity index (χ1v) is 9.24. The van der Waals surface area contributed by atoms with Gasteiger partial charge in [-0.25, -0.2) is 9.76 Å². The van der Waals surface area contributed by atoms with Crippen LogP contribution in [0.5, 0.6) is 0 Å². The van der Waals surface area contributed by atoms with Gasteiger partial charge in [0.05, 0.1) is 6.61 Å². The van der Waals surface area contributed by atoms with Crippen molar-refractivity contribution in [2.45, 2.75) is 31.7 Å². The van der Waals surface area contributed by atoms with E-state index in [4.69, 9.17) is 27.7 Å². The van der Waals surface area contributed by atoms with Gasteiger partial charge in [0.2, 0.25) is 0 Å². The number of alkyl halides is 2. The molecular weight excluding hydrogens is 294 g/mol. The molecule has 0 aromatic carbocycles. The van der Waals surface area contributed by atoms with Gasteiger partial charge in [-0.05, 0) is 18.8 Å². The summed E-state index contributed by atoms with van der Waals surface area (Å²) in [6.07, 6.45) is 4.72. The van der Waals surface area contributed by atoms with Gasteiger partial charge in [-0.1, -0.05) is 12.8 Å². The minimum absolute atomic E-state index is 0.325. The lowest BCUT2D eigenvalue weighted by Gasteiger charge is -2.43. The van der Waals surface area contributed by atoms with Crippen LogP contribution in [-0.2, 0) is 9.09 Å². The van der Waals surface area contributed by atoms with Gasteiger partial charge in [-0.15, -0.1) is 23.2 Å². The van der Waals surface area contributed by atoms with E-state index in [1.165, 1.54) is 19.3 Å². The van der Waals surface area contributed by atoms with Gasteiger partial charge in [0.15, 0.2) is 0 Å². The van der Waals surface area contributed by atoms with Crippen molar-refractivity contribution < 1.29 is 9.09 Å². The molecule has 4 nitrogen and oxygen atoms in total. The molecular formula is C11H21Cl2N2O2P. The molecule has 18 heavy (non-hydrogen) atoms. The third kappa shape index (κ3) is 3.41. The topological polar surface area (TPSA) is 41.6 Å². The highest BCUT2D eigenvalue weighted by Crippen LogP contribution is 2.52. The van der Waals surface area contributed by atoms with Crippen molar-refractivity contribution in [3.05, 3.63) is 0 Å². The number of fused-ring (bicyclic) bond motifs is 1. The lowest BCUT2D eigenvalue weighted by atomic mass is 9.86. The molecule has 0 aromatic heterocycles. The average Bonchev–Trinajstić information content (AvgIpc) is 2.38. The molecule has 1 aliphatic carbocycles. The molecule has 1 N–H and O–H groups in total. The van der Waals surface area contributed by atoms with E-state index in [1.807, 2.05) is 0 Å². The van der Waals surface area contributed by atoms with Crippen molar-refractivity contribution in [1.29, 1.82) is 0 Å². The maximum atomic E-state index is 12.8.